The molecule has 2 N–H and O–H groups in total. The Kier molecular flexibility index (Phi) is 7.05. The van der Waals surface area contributed by atoms with Crippen LogP contribution in [0, 0.1) is 0 Å². The fraction of sp³-hybridized carbons (Fsp3) is 0.231. The summed E-state index contributed by atoms with van der Waals surface area (Å²) in [5.41, 5.74) is 0.304. The maximum Gasteiger partial charge on any atom is 0.336 e. The number of ether oxygens (including phenoxy) is 2. The zero-order valence-corrected chi connectivity index (χ0v) is 20.0. The number of amides is 2. The van der Waals surface area contributed by atoms with Crippen LogP contribution in [0.1, 0.15) is 20.3 Å². The minimum absolute atomic E-state index is 0.262. The maximum absolute atomic E-state index is 12.5. The van der Waals surface area contributed by atoms with Gasteiger partial charge < -0.3 is 28.9 Å². The molecule has 2 amide bonds. The van der Waals surface area contributed by atoms with Crippen molar-refractivity contribution in [3.63, 3.8) is 0 Å². The van der Waals surface area contributed by atoms with E-state index >= 15 is 0 Å². The van der Waals surface area contributed by atoms with E-state index in [2.05, 4.69) is 15.6 Å². The van der Waals surface area contributed by atoms with Gasteiger partial charge in [0.25, 0.3) is 0 Å². The summed E-state index contributed by atoms with van der Waals surface area (Å²) in [7, 11) is 1.49. The van der Waals surface area contributed by atoms with Crippen LogP contribution >= 0.6 is 0 Å². The summed E-state index contributed by atoms with van der Waals surface area (Å²) in [5, 5.41) is 6.07. The van der Waals surface area contributed by atoms with Gasteiger partial charge in [-0.2, -0.15) is 0 Å². The fourth-order valence-corrected chi connectivity index (χ4v) is 3.49. The third kappa shape index (κ3) is 5.90. The van der Waals surface area contributed by atoms with Crippen molar-refractivity contribution in [2.45, 2.75) is 25.8 Å². The van der Waals surface area contributed by atoms with Crippen LogP contribution in [-0.2, 0) is 9.59 Å². The molecule has 0 aliphatic heterocycles. The lowest BCUT2D eigenvalue weighted by atomic mass is 10.0. The number of fused-ring (bicyclic) bond motifs is 1. The SMILES string of the molecule is COc1cc(NC(=O)C(=O)NC(C)(C)CCOc2ccc3ccc(=O)oc3c2)ccc1-c1cnco1. The highest BCUT2D eigenvalue weighted by Gasteiger charge is 2.25. The van der Waals surface area contributed by atoms with Crippen LogP contribution in [0.3, 0.4) is 0 Å². The van der Waals surface area contributed by atoms with Crippen molar-refractivity contribution in [1.82, 2.24) is 10.3 Å². The molecule has 4 aromatic rings. The van der Waals surface area contributed by atoms with Crippen LogP contribution in [0.4, 0.5) is 5.69 Å². The molecule has 0 aliphatic rings. The third-order valence-electron chi connectivity index (χ3n) is 5.41. The minimum atomic E-state index is -0.817. The first-order valence-corrected chi connectivity index (χ1v) is 11.1. The van der Waals surface area contributed by atoms with E-state index in [0.717, 1.165) is 5.39 Å². The molecule has 0 aliphatic carbocycles. The van der Waals surface area contributed by atoms with Gasteiger partial charge in [-0.25, -0.2) is 9.78 Å². The lowest BCUT2D eigenvalue weighted by molar-refractivity contribution is -0.137. The number of aromatic nitrogens is 1. The Labute approximate surface area is 206 Å². The molecule has 2 aromatic carbocycles. The summed E-state index contributed by atoms with van der Waals surface area (Å²) in [6.07, 6.45) is 3.28. The molecular weight excluding hydrogens is 466 g/mol. The topological polar surface area (TPSA) is 133 Å². The number of anilines is 1. The zero-order valence-electron chi connectivity index (χ0n) is 20.0. The van der Waals surface area contributed by atoms with Gasteiger partial charge in [-0.05, 0) is 44.2 Å². The van der Waals surface area contributed by atoms with Crippen molar-refractivity contribution in [3.8, 4) is 22.8 Å². The van der Waals surface area contributed by atoms with Crippen molar-refractivity contribution >= 4 is 28.5 Å². The summed E-state index contributed by atoms with van der Waals surface area (Å²) < 4.78 is 21.6. The van der Waals surface area contributed by atoms with Crippen LogP contribution in [0.25, 0.3) is 22.3 Å². The summed E-state index contributed by atoms with van der Waals surface area (Å²) in [5.74, 6) is -0.108. The van der Waals surface area contributed by atoms with Crippen molar-refractivity contribution < 1.29 is 27.9 Å². The van der Waals surface area contributed by atoms with Crippen molar-refractivity contribution in [2.75, 3.05) is 19.0 Å². The lowest BCUT2D eigenvalue weighted by Gasteiger charge is -2.26. The fourth-order valence-electron chi connectivity index (χ4n) is 3.49. The van der Waals surface area contributed by atoms with Crippen molar-refractivity contribution in [1.29, 1.82) is 0 Å². The second-order valence-corrected chi connectivity index (χ2v) is 8.63. The van der Waals surface area contributed by atoms with E-state index in [-0.39, 0.29) is 6.61 Å². The van der Waals surface area contributed by atoms with Crippen LogP contribution < -0.4 is 25.7 Å². The first-order chi connectivity index (χ1) is 17.2. The minimum Gasteiger partial charge on any atom is -0.496 e. The molecule has 4 rings (SSSR count). The van der Waals surface area contributed by atoms with Crippen LogP contribution in [0.5, 0.6) is 11.5 Å². The van der Waals surface area contributed by atoms with E-state index in [9.17, 15) is 14.4 Å². The van der Waals surface area contributed by atoms with Gasteiger partial charge in [-0.15, -0.1) is 0 Å². The van der Waals surface area contributed by atoms with Gasteiger partial charge in [-0.1, -0.05) is 0 Å². The van der Waals surface area contributed by atoms with Crippen LogP contribution in [0.2, 0.25) is 0 Å². The van der Waals surface area contributed by atoms with E-state index in [1.807, 2.05) is 0 Å². The standard InChI is InChI=1S/C26H25N3O7/c1-26(2,10-11-34-18-7-4-16-5-9-23(30)36-20(16)13-18)29-25(32)24(31)28-17-6-8-19(21(12-17)33-3)22-14-27-15-35-22/h4-9,12-15H,10-11H2,1-3H3,(H,28,31)(H,29,32). The highest BCUT2D eigenvalue weighted by atomic mass is 16.5. The Hall–Kier alpha value is -4.60. The van der Waals surface area contributed by atoms with E-state index < -0.39 is 23.0 Å². The van der Waals surface area contributed by atoms with Gasteiger partial charge in [0.2, 0.25) is 0 Å². The number of hydrogen-bond donors (Lipinski definition) is 2. The molecule has 0 saturated heterocycles. The molecule has 2 aromatic heterocycles. The zero-order chi connectivity index (χ0) is 25.7. The molecule has 186 valence electrons. The number of nitrogens with zero attached hydrogens (tertiary/aromatic N) is 1. The van der Waals surface area contributed by atoms with Gasteiger partial charge in [0, 0.05) is 41.2 Å². The Bertz CT molecular complexity index is 1440. The monoisotopic (exact) mass is 491 g/mol. The number of benzene rings is 2. The lowest BCUT2D eigenvalue weighted by Crippen LogP contribution is -2.48. The summed E-state index contributed by atoms with van der Waals surface area (Å²) in [6, 6.07) is 13.2. The first kappa shape index (κ1) is 24.5. The van der Waals surface area contributed by atoms with Gasteiger partial charge in [-0.3, -0.25) is 9.59 Å². The predicted octanol–water partition coefficient (Wildman–Crippen LogP) is 3.76. The summed E-state index contributed by atoms with van der Waals surface area (Å²) in [4.78, 5) is 40.3. The van der Waals surface area contributed by atoms with E-state index in [0.29, 0.717) is 40.5 Å². The molecule has 0 saturated carbocycles. The average molecular weight is 492 g/mol. The Morgan fingerprint density at radius 1 is 1.06 bits per heavy atom. The highest BCUT2D eigenvalue weighted by molar-refractivity contribution is 6.39. The molecule has 0 atom stereocenters. The molecule has 0 fully saturated rings. The largest absolute Gasteiger partial charge is 0.496 e. The van der Waals surface area contributed by atoms with Crippen LogP contribution in [-0.4, -0.2) is 36.1 Å². The molecule has 10 heteroatoms. The third-order valence-corrected chi connectivity index (χ3v) is 5.41. The normalized spacial score (nSPS) is 11.2. The van der Waals surface area contributed by atoms with Crippen molar-refractivity contribution in [3.05, 3.63) is 71.5 Å². The first-order valence-electron chi connectivity index (χ1n) is 11.1. The molecular formula is C26H25N3O7. The number of carbonyl (C=O) groups is 2. The molecule has 0 radical (unpaired) electrons. The van der Waals surface area contributed by atoms with Crippen LogP contribution in [0.15, 0.2) is 74.8 Å². The molecule has 0 spiro atoms. The smallest absolute Gasteiger partial charge is 0.336 e. The van der Waals surface area contributed by atoms with Crippen molar-refractivity contribution in [2.24, 2.45) is 0 Å². The Balaban J connectivity index is 1.31. The molecule has 36 heavy (non-hydrogen) atoms. The number of methoxy groups -OCH3 is 1. The second kappa shape index (κ2) is 10.3. The maximum atomic E-state index is 12.5. The number of oxazole rings is 1. The van der Waals surface area contributed by atoms with Gasteiger partial charge in [0.15, 0.2) is 12.2 Å². The second-order valence-electron chi connectivity index (χ2n) is 8.63. The number of rotatable bonds is 8. The number of carbonyl (C=O) groups excluding carboxylic acids is 2. The quantitative estimate of drug-likeness (QED) is 0.281. The Morgan fingerprint density at radius 3 is 2.61 bits per heavy atom. The van der Waals surface area contributed by atoms with E-state index in [1.54, 1.807) is 62.5 Å². The molecule has 0 bridgehead atoms. The molecule has 2 heterocycles. The van der Waals surface area contributed by atoms with E-state index in [1.165, 1.54) is 19.6 Å². The summed E-state index contributed by atoms with van der Waals surface area (Å²) >= 11 is 0. The van der Waals surface area contributed by atoms with Gasteiger partial charge in [0.05, 0.1) is 25.5 Å². The van der Waals surface area contributed by atoms with E-state index in [4.69, 9.17) is 18.3 Å². The number of hydrogen-bond acceptors (Lipinski definition) is 8. The summed E-state index contributed by atoms with van der Waals surface area (Å²) in [6.45, 7) is 3.84. The predicted molar refractivity (Wildman–Crippen MR) is 132 cm³/mol. The van der Waals surface area contributed by atoms with Gasteiger partial charge in [0.1, 0.15) is 17.1 Å². The number of nitrogens with one attached hydrogen (secondary N) is 2. The average Bonchev–Trinajstić information content (AvgIpc) is 3.38. The van der Waals surface area contributed by atoms with Gasteiger partial charge >= 0.3 is 17.4 Å². The Morgan fingerprint density at radius 2 is 1.86 bits per heavy atom. The highest BCUT2D eigenvalue weighted by Crippen LogP contribution is 2.32. The molecule has 0 unspecified atom stereocenters. The molecule has 10 nitrogen and oxygen atoms in total.